The first-order chi connectivity index (χ1) is 14.7. The molecule has 2 heterocycles. The van der Waals surface area contributed by atoms with Gasteiger partial charge in [-0.1, -0.05) is 0 Å². The summed E-state index contributed by atoms with van der Waals surface area (Å²) in [5.41, 5.74) is -0.555. The van der Waals surface area contributed by atoms with E-state index in [9.17, 15) is 35.1 Å². The molecule has 0 atom stereocenters. The SMILES string of the molecule is CCOC(=O)N1CCc2c(sc(NC(=O)c3cc([N+](=O)[O-])cc([N+](=O)[O-])c3)c2C#N)C1. The van der Waals surface area contributed by atoms with Gasteiger partial charge in [0, 0.05) is 23.6 Å². The fraction of sp³-hybridized carbons (Fsp3) is 0.278. The minimum atomic E-state index is -0.835. The molecule has 2 amide bonds. The summed E-state index contributed by atoms with van der Waals surface area (Å²) >= 11 is 1.10. The third kappa shape index (κ3) is 4.43. The highest BCUT2D eigenvalue weighted by Crippen LogP contribution is 2.37. The molecule has 0 aliphatic carbocycles. The van der Waals surface area contributed by atoms with Crippen LogP contribution in [0.5, 0.6) is 0 Å². The molecule has 1 N–H and O–H groups in total. The Morgan fingerprint density at radius 2 is 1.90 bits per heavy atom. The lowest BCUT2D eigenvalue weighted by atomic mass is 10.0. The van der Waals surface area contributed by atoms with E-state index >= 15 is 0 Å². The first kappa shape index (κ1) is 21.7. The van der Waals surface area contributed by atoms with Crippen molar-refractivity contribution in [2.24, 2.45) is 0 Å². The number of hydrogen-bond acceptors (Lipinski definition) is 9. The molecule has 0 saturated heterocycles. The van der Waals surface area contributed by atoms with Crippen molar-refractivity contribution in [2.75, 3.05) is 18.5 Å². The average Bonchev–Trinajstić information content (AvgIpc) is 3.09. The number of nitro groups is 2. The van der Waals surface area contributed by atoms with E-state index < -0.39 is 33.2 Å². The van der Waals surface area contributed by atoms with Crippen molar-refractivity contribution < 1.29 is 24.2 Å². The first-order valence-electron chi connectivity index (χ1n) is 8.96. The van der Waals surface area contributed by atoms with Crippen LogP contribution in [-0.2, 0) is 17.7 Å². The summed E-state index contributed by atoms with van der Waals surface area (Å²) < 4.78 is 4.99. The van der Waals surface area contributed by atoms with E-state index in [2.05, 4.69) is 5.32 Å². The summed E-state index contributed by atoms with van der Waals surface area (Å²) in [6.07, 6.45) is -0.0827. The van der Waals surface area contributed by atoms with Gasteiger partial charge in [0.15, 0.2) is 0 Å². The maximum Gasteiger partial charge on any atom is 0.410 e. The fourth-order valence-corrected chi connectivity index (χ4v) is 4.30. The molecule has 0 radical (unpaired) electrons. The number of nitro benzene ring substituents is 2. The monoisotopic (exact) mass is 445 g/mol. The van der Waals surface area contributed by atoms with Crippen molar-refractivity contribution in [3.63, 3.8) is 0 Å². The molecule has 160 valence electrons. The molecule has 0 spiro atoms. The molecule has 31 heavy (non-hydrogen) atoms. The predicted octanol–water partition coefficient (Wildman–Crippen LogP) is 3.20. The highest BCUT2D eigenvalue weighted by Gasteiger charge is 2.29. The van der Waals surface area contributed by atoms with Crippen LogP contribution in [0.15, 0.2) is 18.2 Å². The van der Waals surface area contributed by atoms with Gasteiger partial charge in [-0.2, -0.15) is 5.26 Å². The van der Waals surface area contributed by atoms with E-state index in [0.29, 0.717) is 23.4 Å². The second-order valence-corrected chi connectivity index (χ2v) is 7.50. The third-order valence-corrected chi connectivity index (χ3v) is 5.64. The summed E-state index contributed by atoms with van der Waals surface area (Å²) in [5, 5.41) is 34.4. The highest BCUT2D eigenvalue weighted by atomic mass is 32.1. The van der Waals surface area contributed by atoms with Crippen molar-refractivity contribution in [2.45, 2.75) is 19.9 Å². The number of non-ortho nitro benzene ring substituents is 2. The average molecular weight is 445 g/mol. The van der Waals surface area contributed by atoms with Gasteiger partial charge in [0.25, 0.3) is 17.3 Å². The number of fused-ring (bicyclic) bond motifs is 1. The number of hydrogen-bond donors (Lipinski definition) is 1. The Hall–Kier alpha value is -4.05. The van der Waals surface area contributed by atoms with Gasteiger partial charge in [-0.05, 0) is 18.9 Å². The maximum absolute atomic E-state index is 12.7. The van der Waals surface area contributed by atoms with Crippen molar-refractivity contribution in [3.05, 3.63) is 60.0 Å². The van der Waals surface area contributed by atoms with Gasteiger partial charge in [0.1, 0.15) is 11.1 Å². The smallest absolute Gasteiger partial charge is 0.410 e. The molecule has 1 aromatic carbocycles. The standard InChI is InChI=1S/C18H15N5O7S/c1-2-30-18(25)21-4-3-13-14(8-19)17(31-15(13)9-21)20-16(24)10-5-11(22(26)27)7-12(6-10)23(28)29/h5-7H,2-4,9H2,1H3,(H,20,24). The number of nitrogens with zero attached hydrogens (tertiary/aromatic N) is 4. The lowest BCUT2D eigenvalue weighted by molar-refractivity contribution is -0.394. The second-order valence-electron chi connectivity index (χ2n) is 6.40. The van der Waals surface area contributed by atoms with Crippen molar-refractivity contribution in [3.8, 4) is 6.07 Å². The number of rotatable bonds is 5. The number of carbonyl (C=O) groups excluding carboxylic acids is 2. The molecule has 0 unspecified atom stereocenters. The van der Waals surface area contributed by atoms with Crippen LogP contribution in [0.25, 0.3) is 0 Å². The Balaban J connectivity index is 1.90. The van der Waals surface area contributed by atoms with E-state index in [1.807, 2.05) is 6.07 Å². The Morgan fingerprint density at radius 1 is 1.26 bits per heavy atom. The van der Waals surface area contributed by atoms with E-state index in [1.165, 1.54) is 4.90 Å². The predicted molar refractivity (Wildman–Crippen MR) is 108 cm³/mol. The summed E-state index contributed by atoms with van der Waals surface area (Å²) in [4.78, 5) is 47.2. The Labute approximate surface area is 178 Å². The molecule has 13 heteroatoms. The molecule has 0 fully saturated rings. The van der Waals surface area contributed by atoms with Gasteiger partial charge in [-0.3, -0.25) is 25.0 Å². The number of anilines is 1. The van der Waals surface area contributed by atoms with Crippen LogP contribution < -0.4 is 5.32 Å². The van der Waals surface area contributed by atoms with Crippen LogP contribution in [0.3, 0.4) is 0 Å². The van der Waals surface area contributed by atoms with Crippen LogP contribution in [0.2, 0.25) is 0 Å². The topological polar surface area (TPSA) is 169 Å². The van der Waals surface area contributed by atoms with E-state index in [-0.39, 0.29) is 29.3 Å². The highest BCUT2D eigenvalue weighted by molar-refractivity contribution is 7.16. The second kappa shape index (κ2) is 8.76. The molecule has 1 aliphatic rings. The quantitative estimate of drug-likeness (QED) is 0.540. The fourth-order valence-electron chi connectivity index (χ4n) is 3.09. The number of benzene rings is 1. The van der Waals surface area contributed by atoms with E-state index in [1.54, 1.807) is 6.92 Å². The van der Waals surface area contributed by atoms with Gasteiger partial charge in [0.05, 0.1) is 40.2 Å². The molecule has 0 bridgehead atoms. The van der Waals surface area contributed by atoms with Crippen molar-refractivity contribution >= 4 is 39.7 Å². The van der Waals surface area contributed by atoms with Gasteiger partial charge >= 0.3 is 6.09 Å². The van der Waals surface area contributed by atoms with Crippen LogP contribution in [0.1, 0.15) is 33.3 Å². The zero-order valence-electron chi connectivity index (χ0n) is 16.1. The molecule has 1 aromatic heterocycles. The summed E-state index contributed by atoms with van der Waals surface area (Å²) in [5.74, 6) is -0.829. The van der Waals surface area contributed by atoms with Crippen LogP contribution in [-0.4, -0.2) is 39.9 Å². The molecule has 0 saturated carbocycles. The zero-order chi connectivity index (χ0) is 22.7. The normalized spacial score (nSPS) is 12.5. The minimum absolute atomic E-state index is 0.206. The van der Waals surface area contributed by atoms with Crippen LogP contribution in [0.4, 0.5) is 21.2 Å². The van der Waals surface area contributed by atoms with Crippen LogP contribution in [0, 0.1) is 31.6 Å². The number of ether oxygens (including phenoxy) is 1. The number of thiophene rings is 1. The first-order valence-corrected chi connectivity index (χ1v) is 9.78. The largest absolute Gasteiger partial charge is 0.450 e. The summed E-state index contributed by atoms with van der Waals surface area (Å²) in [6, 6.07) is 4.63. The lowest BCUT2D eigenvalue weighted by Gasteiger charge is -2.25. The molecular weight excluding hydrogens is 430 g/mol. The Kier molecular flexibility index (Phi) is 6.12. The number of nitriles is 1. The van der Waals surface area contributed by atoms with Crippen molar-refractivity contribution in [1.82, 2.24) is 4.90 Å². The van der Waals surface area contributed by atoms with E-state index in [0.717, 1.165) is 29.5 Å². The van der Waals surface area contributed by atoms with Crippen LogP contribution >= 0.6 is 11.3 Å². The van der Waals surface area contributed by atoms with Gasteiger partial charge in [-0.25, -0.2) is 4.79 Å². The molecule has 1 aliphatic heterocycles. The summed E-state index contributed by atoms with van der Waals surface area (Å²) in [7, 11) is 0. The third-order valence-electron chi connectivity index (χ3n) is 4.51. The minimum Gasteiger partial charge on any atom is -0.450 e. The molecular formula is C18H15N5O7S. The Bertz CT molecular complexity index is 1100. The molecule has 2 aromatic rings. The van der Waals surface area contributed by atoms with Crippen molar-refractivity contribution in [1.29, 1.82) is 5.26 Å². The number of nitrogens with one attached hydrogen (secondary N) is 1. The number of carbonyl (C=O) groups is 2. The zero-order valence-corrected chi connectivity index (χ0v) is 16.9. The van der Waals surface area contributed by atoms with Gasteiger partial charge in [0.2, 0.25) is 0 Å². The van der Waals surface area contributed by atoms with Gasteiger partial charge in [-0.15, -0.1) is 11.3 Å². The van der Waals surface area contributed by atoms with E-state index in [4.69, 9.17) is 4.74 Å². The summed E-state index contributed by atoms with van der Waals surface area (Å²) in [6.45, 7) is 2.48. The maximum atomic E-state index is 12.7. The number of amides is 2. The molecule has 3 rings (SSSR count). The van der Waals surface area contributed by atoms with Gasteiger partial charge < -0.3 is 15.0 Å². The molecule has 12 nitrogen and oxygen atoms in total. The Morgan fingerprint density at radius 3 is 2.45 bits per heavy atom. The lowest BCUT2D eigenvalue weighted by Crippen LogP contribution is -2.35.